The van der Waals surface area contributed by atoms with Gasteiger partial charge in [-0.15, -0.1) is 0 Å². The summed E-state index contributed by atoms with van der Waals surface area (Å²) in [5, 5.41) is 5.60. The molecule has 0 aliphatic rings. The lowest BCUT2D eigenvalue weighted by atomic mass is 10.2. The standard InChI is InChI=1S/C14H16N4O3/c1-17-13(19)8-12(16-14(17)20)18(2)15-9-10-4-6-11(21-3)7-5-10/h4-9H,1-3H3,(H,16,20)/b15-9-. The van der Waals surface area contributed by atoms with Crippen LogP contribution in [-0.2, 0) is 7.05 Å². The number of hydrazone groups is 1. The number of methoxy groups -OCH3 is 1. The number of nitrogens with zero attached hydrogens (tertiary/aromatic N) is 3. The molecule has 1 aromatic carbocycles. The molecule has 21 heavy (non-hydrogen) atoms. The highest BCUT2D eigenvalue weighted by Gasteiger charge is 2.04. The van der Waals surface area contributed by atoms with Crippen molar-refractivity contribution in [3.8, 4) is 5.75 Å². The first-order valence-electron chi connectivity index (χ1n) is 6.23. The molecule has 2 aromatic rings. The first-order valence-corrected chi connectivity index (χ1v) is 6.23. The van der Waals surface area contributed by atoms with Crippen molar-refractivity contribution in [3.05, 3.63) is 56.7 Å². The third-order valence-corrected chi connectivity index (χ3v) is 2.97. The molecular formula is C14H16N4O3. The summed E-state index contributed by atoms with van der Waals surface area (Å²) in [6.07, 6.45) is 1.62. The Kier molecular flexibility index (Phi) is 4.22. The Morgan fingerprint density at radius 2 is 1.95 bits per heavy atom. The van der Waals surface area contributed by atoms with Gasteiger partial charge in [0.2, 0.25) is 0 Å². The van der Waals surface area contributed by atoms with E-state index in [2.05, 4.69) is 10.1 Å². The molecule has 0 fully saturated rings. The molecule has 0 atom stereocenters. The second kappa shape index (κ2) is 6.08. The Morgan fingerprint density at radius 1 is 1.29 bits per heavy atom. The van der Waals surface area contributed by atoms with Crippen molar-refractivity contribution in [2.24, 2.45) is 12.1 Å². The molecule has 7 heteroatoms. The lowest BCUT2D eigenvalue weighted by Gasteiger charge is -2.12. The topological polar surface area (TPSA) is 79.7 Å². The Labute approximate surface area is 121 Å². The molecule has 0 aliphatic heterocycles. The Hall–Kier alpha value is -2.83. The van der Waals surface area contributed by atoms with Crippen molar-refractivity contribution in [1.29, 1.82) is 0 Å². The molecule has 110 valence electrons. The van der Waals surface area contributed by atoms with E-state index in [1.165, 1.54) is 18.1 Å². The van der Waals surface area contributed by atoms with Gasteiger partial charge in [0, 0.05) is 20.2 Å². The Morgan fingerprint density at radius 3 is 2.52 bits per heavy atom. The van der Waals surface area contributed by atoms with Gasteiger partial charge in [-0.1, -0.05) is 0 Å². The summed E-state index contributed by atoms with van der Waals surface area (Å²) >= 11 is 0. The molecule has 7 nitrogen and oxygen atoms in total. The molecule has 0 spiro atoms. The van der Waals surface area contributed by atoms with E-state index >= 15 is 0 Å². The third kappa shape index (κ3) is 3.38. The lowest BCUT2D eigenvalue weighted by molar-refractivity contribution is 0.415. The maximum Gasteiger partial charge on any atom is 0.329 e. The summed E-state index contributed by atoms with van der Waals surface area (Å²) in [5.74, 6) is 1.09. The van der Waals surface area contributed by atoms with E-state index in [1.807, 2.05) is 24.3 Å². The predicted molar refractivity (Wildman–Crippen MR) is 81.3 cm³/mol. The molecule has 0 unspecified atom stereocenters. The molecule has 1 heterocycles. The highest BCUT2D eigenvalue weighted by Crippen LogP contribution is 2.10. The highest BCUT2D eigenvalue weighted by molar-refractivity contribution is 5.80. The number of aromatic amines is 1. The number of ether oxygens (including phenoxy) is 1. The molecular weight excluding hydrogens is 272 g/mol. The van der Waals surface area contributed by atoms with E-state index in [0.717, 1.165) is 15.9 Å². The van der Waals surface area contributed by atoms with E-state index < -0.39 is 5.69 Å². The average molecular weight is 288 g/mol. The minimum atomic E-state index is -0.482. The van der Waals surface area contributed by atoms with Gasteiger partial charge in [0.05, 0.1) is 13.3 Å². The minimum absolute atomic E-state index is 0.327. The van der Waals surface area contributed by atoms with Gasteiger partial charge in [-0.2, -0.15) is 5.10 Å². The molecule has 0 bridgehead atoms. The summed E-state index contributed by atoms with van der Waals surface area (Å²) in [7, 11) is 4.65. The minimum Gasteiger partial charge on any atom is -0.497 e. The largest absolute Gasteiger partial charge is 0.497 e. The van der Waals surface area contributed by atoms with Crippen LogP contribution in [0.3, 0.4) is 0 Å². The quantitative estimate of drug-likeness (QED) is 0.658. The zero-order valence-corrected chi connectivity index (χ0v) is 12.0. The van der Waals surface area contributed by atoms with Crippen LogP contribution < -0.4 is 21.0 Å². The van der Waals surface area contributed by atoms with Crippen LogP contribution in [0.5, 0.6) is 5.75 Å². The van der Waals surface area contributed by atoms with Gasteiger partial charge >= 0.3 is 5.69 Å². The summed E-state index contributed by atoms with van der Waals surface area (Å²) in [6, 6.07) is 8.65. The first kappa shape index (κ1) is 14.6. The number of rotatable bonds is 4. The number of hydrogen-bond donors (Lipinski definition) is 1. The molecule has 2 rings (SSSR count). The zero-order valence-electron chi connectivity index (χ0n) is 12.0. The van der Waals surface area contributed by atoms with Crippen LogP contribution in [0.2, 0.25) is 0 Å². The van der Waals surface area contributed by atoms with Gasteiger partial charge in [-0.05, 0) is 29.8 Å². The van der Waals surface area contributed by atoms with Crippen LogP contribution in [0.4, 0.5) is 5.82 Å². The van der Waals surface area contributed by atoms with Gasteiger partial charge in [-0.3, -0.25) is 19.4 Å². The average Bonchev–Trinajstić information content (AvgIpc) is 2.50. The number of aromatic nitrogens is 2. The van der Waals surface area contributed by atoms with Crippen molar-refractivity contribution in [1.82, 2.24) is 9.55 Å². The molecule has 1 aromatic heterocycles. The van der Waals surface area contributed by atoms with Crippen LogP contribution in [0.15, 0.2) is 45.0 Å². The van der Waals surface area contributed by atoms with Crippen molar-refractivity contribution in [3.63, 3.8) is 0 Å². The molecule has 0 saturated carbocycles. The Bertz CT molecular complexity index is 728. The molecule has 0 amide bonds. The summed E-state index contributed by atoms with van der Waals surface area (Å²) in [5.41, 5.74) is -0.00178. The van der Waals surface area contributed by atoms with Crippen molar-refractivity contribution in [2.45, 2.75) is 0 Å². The van der Waals surface area contributed by atoms with Gasteiger partial charge in [0.1, 0.15) is 11.6 Å². The monoisotopic (exact) mass is 288 g/mol. The van der Waals surface area contributed by atoms with Gasteiger partial charge in [0.25, 0.3) is 5.56 Å². The summed E-state index contributed by atoms with van der Waals surface area (Å²) < 4.78 is 6.06. The smallest absolute Gasteiger partial charge is 0.329 e. The number of hydrogen-bond acceptors (Lipinski definition) is 5. The van der Waals surface area contributed by atoms with E-state index in [0.29, 0.717) is 5.82 Å². The molecule has 0 radical (unpaired) electrons. The van der Waals surface area contributed by atoms with Gasteiger partial charge in [-0.25, -0.2) is 4.79 Å². The normalized spacial score (nSPS) is 10.8. The van der Waals surface area contributed by atoms with Crippen LogP contribution >= 0.6 is 0 Å². The molecule has 1 N–H and O–H groups in total. The fraction of sp³-hybridized carbons (Fsp3) is 0.214. The third-order valence-electron chi connectivity index (χ3n) is 2.97. The first-order chi connectivity index (χ1) is 10.0. The molecule has 0 saturated heterocycles. The summed E-state index contributed by atoms with van der Waals surface area (Å²) in [4.78, 5) is 25.7. The van der Waals surface area contributed by atoms with E-state index in [-0.39, 0.29) is 5.56 Å². The second-order valence-electron chi connectivity index (χ2n) is 4.40. The number of nitrogens with one attached hydrogen (secondary N) is 1. The van der Waals surface area contributed by atoms with E-state index in [9.17, 15) is 9.59 Å². The molecule has 0 aliphatic carbocycles. The van der Waals surface area contributed by atoms with Crippen molar-refractivity contribution in [2.75, 3.05) is 19.2 Å². The Balaban J connectivity index is 2.20. The maximum atomic E-state index is 11.6. The SMILES string of the molecule is COc1ccc(/C=N\N(C)c2cc(=O)n(C)c(=O)[nH]2)cc1. The number of anilines is 1. The number of H-pyrrole nitrogens is 1. The second-order valence-corrected chi connectivity index (χ2v) is 4.40. The van der Waals surface area contributed by atoms with Crippen molar-refractivity contribution < 1.29 is 4.74 Å². The van der Waals surface area contributed by atoms with Crippen LogP contribution in [-0.4, -0.2) is 29.9 Å². The van der Waals surface area contributed by atoms with Gasteiger partial charge < -0.3 is 4.74 Å². The summed E-state index contributed by atoms with van der Waals surface area (Å²) in [6.45, 7) is 0. The highest BCUT2D eigenvalue weighted by atomic mass is 16.5. The fourth-order valence-electron chi connectivity index (χ4n) is 1.62. The predicted octanol–water partition coefficient (Wildman–Crippen LogP) is 0.552. The van der Waals surface area contributed by atoms with Crippen LogP contribution in [0, 0.1) is 0 Å². The van der Waals surface area contributed by atoms with Gasteiger partial charge in [0.15, 0.2) is 0 Å². The lowest BCUT2D eigenvalue weighted by Crippen LogP contribution is -2.33. The van der Waals surface area contributed by atoms with Crippen molar-refractivity contribution >= 4 is 12.0 Å². The zero-order chi connectivity index (χ0) is 15.4. The maximum absolute atomic E-state index is 11.6. The van der Waals surface area contributed by atoms with Crippen LogP contribution in [0.1, 0.15) is 5.56 Å². The van der Waals surface area contributed by atoms with E-state index in [4.69, 9.17) is 4.74 Å². The fourth-order valence-corrected chi connectivity index (χ4v) is 1.62. The number of benzene rings is 1. The van der Waals surface area contributed by atoms with Crippen LogP contribution in [0.25, 0.3) is 0 Å². The van der Waals surface area contributed by atoms with E-state index in [1.54, 1.807) is 20.4 Å².